The number of benzene rings is 2. The lowest BCUT2D eigenvalue weighted by Gasteiger charge is -2.36. The number of carboxylic acid groups (broad SMARTS) is 1. The molecule has 156 valence electrons. The molecule has 2 N–H and O–H groups in total. The molecule has 2 aromatic carbocycles. The van der Waals surface area contributed by atoms with E-state index in [0.717, 1.165) is 38.4 Å². The van der Waals surface area contributed by atoms with E-state index in [1.165, 1.54) is 6.07 Å². The second-order valence-electron chi connectivity index (χ2n) is 6.65. The van der Waals surface area contributed by atoms with E-state index < -0.39 is 11.5 Å². The number of carboxylic acids is 1. The highest BCUT2D eigenvalue weighted by Gasteiger charge is 2.29. The molecule has 0 aromatic heterocycles. The van der Waals surface area contributed by atoms with E-state index in [0.29, 0.717) is 12.2 Å². The van der Waals surface area contributed by atoms with Gasteiger partial charge in [-0.15, -0.1) is 0 Å². The molecule has 0 radical (unpaired) electrons. The third-order valence-electron chi connectivity index (χ3n) is 4.69. The summed E-state index contributed by atoms with van der Waals surface area (Å²) in [7, 11) is 0. The molecule has 0 bridgehead atoms. The Balaban J connectivity index is 1.48. The lowest BCUT2D eigenvalue weighted by Crippen LogP contribution is -2.47. The molecule has 5 nitrogen and oxygen atoms in total. The number of halogens is 3. The van der Waals surface area contributed by atoms with Gasteiger partial charge in [0.1, 0.15) is 0 Å². The number of rotatable bonds is 7. The van der Waals surface area contributed by atoms with E-state index in [9.17, 15) is 23.1 Å². The third kappa shape index (κ3) is 6.30. The van der Waals surface area contributed by atoms with Gasteiger partial charge in [0.2, 0.25) is 0 Å². The number of hydrogen-bond donors (Lipinski definition) is 2. The number of thioether (sulfide) groups is 1. The van der Waals surface area contributed by atoms with Gasteiger partial charge in [0, 0.05) is 55.5 Å². The minimum absolute atomic E-state index is 0.0955. The van der Waals surface area contributed by atoms with E-state index in [1.807, 2.05) is 6.07 Å². The molecule has 1 heterocycles. The summed E-state index contributed by atoms with van der Waals surface area (Å²) in [6, 6.07) is 13.3. The monoisotopic (exact) mass is 425 g/mol. The molecular weight excluding hydrogens is 403 g/mol. The van der Waals surface area contributed by atoms with Gasteiger partial charge in [-0.1, -0.05) is 18.2 Å². The summed E-state index contributed by atoms with van der Waals surface area (Å²) in [5.41, 5.74) is -2.65. The van der Waals surface area contributed by atoms with Crippen molar-refractivity contribution in [3.63, 3.8) is 0 Å². The van der Waals surface area contributed by atoms with E-state index in [2.05, 4.69) is 15.1 Å². The molecule has 2 aromatic rings. The fourth-order valence-corrected chi connectivity index (χ4v) is 3.87. The molecule has 1 aliphatic heterocycles. The Labute approximate surface area is 171 Å². The molecule has 0 aliphatic carbocycles. The van der Waals surface area contributed by atoms with Crippen molar-refractivity contribution in [2.45, 2.75) is 10.4 Å². The molecule has 3 rings (SSSR count). The quantitative estimate of drug-likeness (QED) is 0.648. The van der Waals surface area contributed by atoms with Crippen LogP contribution >= 0.6 is 11.8 Å². The van der Waals surface area contributed by atoms with Gasteiger partial charge in [0.25, 0.3) is 0 Å². The first-order valence-corrected chi connectivity index (χ1v) is 10.0. The maximum Gasteiger partial charge on any atom is 0.446 e. The molecule has 0 saturated carbocycles. The highest BCUT2D eigenvalue weighted by molar-refractivity contribution is 8.00. The van der Waals surface area contributed by atoms with Crippen LogP contribution in [0.25, 0.3) is 0 Å². The number of hydrogen-bond acceptors (Lipinski definition) is 5. The smallest absolute Gasteiger partial charge is 0.446 e. The predicted octanol–water partition coefficient (Wildman–Crippen LogP) is 4.23. The standard InChI is InChI=1S/C20H22F3N3O2S/c21-20(22,23)29-16-5-3-4-15(14-16)26-12-10-25(11-13-26)9-8-24-18-7-2-1-6-17(18)19(27)28/h1-7,14,24H,8-13H2,(H,27,28). The van der Waals surface area contributed by atoms with Crippen LogP contribution < -0.4 is 10.2 Å². The summed E-state index contributed by atoms with van der Waals surface area (Å²) in [5.74, 6) is -0.965. The van der Waals surface area contributed by atoms with Crippen LogP contribution in [0.2, 0.25) is 0 Å². The summed E-state index contributed by atoms with van der Waals surface area (Å²) < 4.78 is 37.7. The molecule has 0 atom stereocenters. The molecule has 29 heavy (non-hydrogen) atoms. The molecule has 1 aliphatic rings. The first-order valence-electron chi connectivity index (χ1n) is 9.21. The van der Waals surface area contributed by atoms with Crippen LogP contribution in [-0.2, 0) is 0 Å². The fraction of sp³-hybridized carbons (Fsp3) is 0.350. The summed E-state index contributed by atoms with van der Waals surface area (Å²) >= 11 is -0.0955. The van der Waals surface area contributed by atoms with Crippen molar-refractivity contribution in [3.05, 3.63) is 54.1 Å². The minimum atomic E-state index is -4.29. The van der Waals surface area contributed by atoms with E-state index in [1.54, 1.807) is 36.4 Å². The molecule has 0 spiro atoms. The minimum Gasteiger partial charge on any atom is -0.478 e. The number of carbonyl (C=O) groups is 1. The van der Waals surface area contributed by atoms with Crippen LogP contribution in [0, 0.1) is 0 Å². The van der Waals surface area contributed by atoms with Crippen LogP contribution in [0.4, 0.5) is 24.5 Å². The molecular formula is C20H22F3N3O2S. The Bertz CT molecular complexity index is 840. The Hall–Kier alpha value is -2.39. The number of alkyl halides is 3. The van der Waals surface area contributed by atoms with E-state index >= 15 is 0 Å². The summed E-state index contributed by atoms with van der Waals surface area (Å²) in [4.78, 5) is 15.8. The van der Waals surface area contributed by atoms with Gasteiger partial charge in [-0.25, -0.2) is 4.79 Å². The Kier molecular flexibility index (Phi) is 6.92. The maximum absolute atomic E-state index is 12.6. The van der Waals surface area contributed by atoms with Crippen LogP contribution in [0.3, 0.4) is 0 Å². The first kappa shape index (κ1) is 21.3. The van der Waals surface area contributed by atoms with Gasteiger partial charge in [0.15, 0.2) is 0 Å². The van der Waals surface area contributed by atoms with Crippen molar-refractivity contribution in [1.29, 1.82) is 0 Å². The largest absolute Gasteiger partial charge is 0.478 e. The van der Waals surface area contributed by atoms with Gasteiger partial charge >= 0.3 is 11.5 Å². The summed E-state index contributed by atoms with van der Waals surface area (Å²) in [6.07, 6.45) is 0. The van der Waals surface area contributed by atoms with Crippen LogP contribution in [0.1, 0.15) is 10.4 Å². The average molecular weight is 425 g/mol. The Morgan fingerprint density at radius 1 is 1.07 bits per heavy atom. The number of anilines is 2. The second-order valence-corrected chi connectivity index (χ2v) is 7.79. The average Bonchev–Trinajstić information content (AvgIpc) is 2.68. The number of nitrogens with one attached hydrogen (secondary N) is 1. The van der Waals surface area contributed by atoms with Crippen molar-refractivity contribution < 1.29 is 23.1 Å². The number of aromatic carboxylic acids is 1. The lowest BCUT2D eigenvalue weighted by molar-refractivity contribution is -0.0328. The zero-order valence-electron chi connectivity index (χ0n) is 15.7. The van der Waals surface area contributed by atoms with Crippen molar-refractivity contribution >= 4 is 29.1 Å². The topological polar surface area (TPSA) is 55.8 Å². The van der Waals surface area contributed by atoms with Gasteiger partial charge in [-0.2, -0.15) is 13.2 Å². The van der Waals surface area contributed by atoms with Crippen molar-refractivity contribution in [1.82, 2.24) is 4.90 Å². The first-order chi connectivity index (χ1) is 13.8. The third-order valence-corrected chi connectivity index (χ3v) is 5.41. The molecule has 1 fully saturated rings. The van der Waals surface area contributed by atoms with Crippen LogP contribution in [-0.4, -0.2) is 60.8 Å². The van der Waals surface area contributed by atoms with Crippen LogP contribution in [0.15, 0.2) is 53.4 Å². The second kappa shape index (κ2) is 9.41. The van der Waals surface area contributed by atoms with Gasteiger partial charge in [-0.05, 0) is 42.1 Å². The number of nitrogens with zero attached hydrogens (tertiary/aromatic N) is 2. The zero-order valence-corrected chi connectivity index (χ0v) is 16.5. The highest BCUT2D eigenvalue weighted by Crippen LogP contribution is 2.38. The highest BCUT2D eigenvalue weighted by atomic mass is 32.2. The fourth-order valence-electron chi connectivity index (χ4n) is 3.28. The van der Waals surface area contributed by atoms with E-state index in [4.69, 9.17) is 0 Å². The molecule has 9 heteroatoms. The Morgan fingerprint density at radius 2 is 1.79 bits per heavy atom. The zero-order chi connectivity index (χ0) is 20.9. The summed E-state index contributed by atoms with van der Waals surface area (Å²) in [6.45, 7) is 4.41. The van der Waals surface area contributed by atoms with E-state index in [-0.39, 0.29) is 22.2 Å². The Morgan fingerprint density at radius 3 is 2.48 bits per heavy atom. The number of piperazine rings is 1. The lowest BCUT2D eigenvalue weighted by atomic mass is 10.2. The summed E-state index contributed by atoms with van der Waals surface area (Å²) in [5, 5.41) is 12.4. The van der Waals surface area contributed by atoms with Crippen molar-refractivity contribution in [3.8, 4) is 0 Å². The van der Waals surface area contributed by atoms with Gasteiger partial charge < -0.3 is 15.3 Å². The SMILES string of the molecule is O=C(O)c1ccccc1NCCN1CCN(c2cccc(SC(F)(F)F)c2)CC1. The van der Waals surface area contributed by atoms with Crippen molar-refractivity contribution in [2.75, 3.05) is 49.5 Å². The van der Waals surface area contributed by atoms with Crippen molar-refractivity contribution in [2.24, 2.45) is 0 Å². The predicted molar refractivity (Wildman–Crippen MR) is 109 cm³/mol. The normalized spacial score (nSPS) is 15.3. The van der Waals surface area contributed by atoms with Gasteiger partial charge in [0.05, 0.1) is 5.56 Å². The number of para-hydroxylation sites is 1. The van der Waals surface area contributed by atoms with Gasteiger partial charge in [-0.3, -0.25) is 4.90 Å². The molecule has 0 unspecified atom stereocenters. The molecule has 0 amide bonds. The maximum atomic E-state index is 12.6. The van der Waals surface area contributed by atoms with Crippen LogP contribution in [0.5, 0.6) is 0 Å². The molecule has 1 saturated heterocycles.